The van der Waals surface area contributed by atoms with Gasteiger partial charge in [0.1, 0.15) is 5.82 Å². The smallest absolute Gasteiger partial charge is 0.229 e. The van der Waals surface area contributed by atoms with E-state index in [1.807, 2.05) is 38.1 Å². The van der Waals surface area contributed by atoms with Crippen molar-refractivity contribution in [3.8, 4) is 0 Å². The second-order valence-corrected chi connectivity index (χ2v) is 6.25. The molecule has 1 aromatic carbocycles. The van der Waals surface area contributed by atoms with Crippen LogP contribution < -0.4 is 10.6 Å². The zero-order valence-corrected chi connectivity index (χ0v) is 14.2. The van der Waals surface area contributed by atoms with E-state index in [1.165, 1.54) is 0 Å². The van der Waals surface area contributed by atoms with Crippen molar-refractivity contribution < 1.29 is 4.74 Å². The van der Waals surface area contributed by atoms with Crippen LogP contribution in [0.15, 0.2) is 24.3 Å². The second kappa shape index (κ2) is 7.15. The summed E-state index contributed by atoms with van der Waals surface area (Å²) >= 11 is 6.06. The lowest BCUT2D eigenvalue weighted by molar-refractivity contribution is 0.120. The highest BCUT2D eigenvalue weighted by atomic mass is 35.5. The molecule has 1 atom stereocenters. The minimum absolute atomic E-state index is 0.275. The summed E-state index contributed by atoms with van der Waals surface area (Å²) in [6.07, 6.45) is 2.51. The predicted octanol–water partition coefficient (Wildman–Crippen LogP) is 4.08. The van der Waals surface area contributed by atoms with Crippen LogP contribution in [0.4, 0.5) is 17.5 Å². The fraction of sp³-hybridized carbons (Fsp3) is 0.412. The van der Waals surface area contributed by atoms with Gasteiger partial charge in [0, 0.05) is 35.6 Å². The van der Waals surface area contributed by atoms with E-state index < -0.39 is 0 Å². The highest BCUT2D eigenvalue weighted by Crippen LogP contribution is 2.23. The Bertz CT molecular complexity index is 686. The van der Waals surface area contributed by atoms with Crippen LogP contribution in [0.5, 0.6) is 0 Å². The molecule has 0 aliphatic carbocycles. The minimum atomic E-state index is 0.275. The Morgan fingerprint density at radius 3 is 2.91 bits per heavy atom. The van der Waals surface area contributed by atoms with Crippen LogP contribution in [0.2, 0.25) is 5.02 Å². The summed E-state index contributed by atoms with van der Waals surface area (Å²) in [7, 11) is 0. The first-order valence-electron chi connectivity index (χ1n) is 7.84. The number of nitrogens with zero attached hydrogens (tertiary/aromatic N) is 2. The van der Waals surface area contributed by atoms with Gasteiger partial charge in [0.2, 0.25) is 5.95 Å². The normalized spacial score (nSPS) is 17.3. The van der Waals surface area contributed by atoms with Gasteiger partial charge in [0.15, 0.2) is 0 Å². The van der Waals surface area contributed by atoms with Gasteiger partial charge in [-0.3, -0.25) is 0 Å². The zero-order chi connectivity index (χ0) is 16.2. The molecule has 0 saturated carbocycles. The monoisotopic (exact) mass is 332 g/mol. The molecule has 5 nitrogen and oxygen atoms in total. The SMILES string of the molecule is Cc1cc(NCC2CCCO2)nc(Nc2cc(Cl)ccc2C)n1. The number of rotatable bonds is 5. The molecule has 1 aliphatic rings. The number of aromatic nitrogens is 2. The van der Waals surface area contributed by atoms with Crippen molar-refractivity contribution >= 4 is 29.1 Å². The number of benzene rings is 1. The Morgan fingerprint density at radius 1 is 1.26 bits per heavy atom. The third-order valence-electron chi connectivity index (χ3n) is 3.84. The van der Waals surface area contributed by atoms with Gasteiger partial charge in [-0.15, -0.1) is 0 Å². The maximum Gasteiger partial charge on any atom is 0.229 e. The van der Waals surface area contributed by atoms with Crippen LogP contribution in [0.3, 0.4) is 0 Å². The maximum atomic E-state index is 6.06. The molecule has 6 heteroatoms. The number of aryl methyl sites for hydroxylation is 2. The topological polar surface area (TPSA) is 59.1 Å². The Kier molecular flexibility index (Phi) is 4.98. The first-order chi connectivity index (χ1) is 11.1. The van der Waals surface area contributed by atoms with Gasteiger partial charge in [-0.25, -0.2) is 4.98 Å². The Labute approximate surface area is 141 Å². The number of nitrogens with one attached hydrogen (secondary N) is 2. The van der Waals surface area contributed by atoms with Crippen molar-refractivity contribution in [1.29, 1.82) is 0 Å². The van der Waals surface area contributed by atoms with Gasteiger partial charge in [0.25, 0.3) is 0 Å². The van der Waals surface area contributed by atoms with Gasteiger partial charge < -0.3 is 15.4 Å². The quantitative estimate of drug-likeness (QED) is 0.864. The Hall–Kier alpha value is -1.85. The highest BCUT2D eigenvalue weighted by Gasteiger charge is 2.15. The molecule has 1 aromatic heterocycles. The summed E-state index contributed by atoms with van der Waals surface area (Å²) in [5.41, 5.74) is 2.90. The van der Waals surface area contributed by atoms with Crippen LogP contribution in [-0.2, 0) is 4.74 Å². The predicted molar refractivity (Wildman–Crippen MR) is 93.7 cm³/mol. The molecule has 1 aliphatic heterocycles. The molecule has 1 fully saturated rings. The summed E-state index contributed by atoms with van der Waals surface area (Å²) in [5, 5.41) is 7.26. The summed E-state index contributed by atoms with van der Waals surface area (Å²) in [5.74, 6) is 1.36. The van der Waals surface area contributed by atoms with Crippen molar-refractivity contribution in [2.45, 2.75) is 32.8 Å². The van der Waals surface area contributed by atoms with Crippen molar-refractivity contribution in [3.63, 3.8) is 0 Å². The van der Waals surface area contributed by atoms with Crippen molar-refractivity contribution in [3.05, 3.63) is 40.5 Å². The molecule has 23 heavy (non-hydrogen) atoms. The molecule has 1 saturated heterocycles. The second-order valence-electron chi connectivity index (χ2n) is 5.82. The van der Waals surface area contributed by atoms with Crippen molar-refractivity contribution in [2.24, 2.45) is 0 Å². The maximum absolute atomic E-state index is 6.06. The standard InChI is InChI=1S/C17H21ClN4O/c1-11-5-6-13(18)9-15(11)21-17-20-12(2)8-16(22-17)19-10-14-4-3-7-23-14/h5-6,8-9,14H,3-4,7,10H2,1-2H3,(H2,19,20,21,22). The number of halogens is 1. The largest absolute Gasteiger partial charge is 0.376 e. The van der Waals surface area contributed by atoms with Gasteiger partial charge >= 0.3 is 0 Å². The van der Waals surface area contributed by atoms with Crippen LogP contribution >= 0.6 is 11.6 Å². The van der Waals surface area contributed by atoms with Crippen LogP contribution in [0.25, 0.3) is 0 Å². The van der Waals surface area contributed by atoms with E-state index in [2.05, 4.69) is 20.6 Å². The van der Waals surface area contributed by atoms with Crippen LogP contribution in [-0.4, -0.2) is 29.2 Å². The average Bonchev–Trinajstić information content (AvgIpc) is 3.02. The van der Waals surface area contributed by atoms with E-state index in [1.54, 1.807) is 0 Å². The van der Waals surface area contributed by atoms with Crippen molar-refractivity contribution in [2.75, 3.05) is 23.8 Å². The van der Waals surface area contributed by atoms with E-state index in [-0.39, 0.29) is 6.10 Å². The molecule has 0 radical (unpaired) electrons. The molecule has 0 amide bonds. The molecule has 2 aromatic rings. The highest BCUT2D eigenvalue weighted by molar-refractivity contribution is 6.30. The third-order valence-corrected chi connectivity index (χ3v) is 4.07. The van der Waals surface area contributed by atoms with Crippen LogP contribution in [0.1, 0.15) is 24.1 Å². The zero-order valence-electron chi connectivity index (χ0n) is 13.4. The first-order valence-corrected chi connectivity index (χ1v) is 8.22. The van der Waals surface area contributed by atoms with Gasteiger partial charge in [-0.1, -0.05) is 17.7 Å². The van der Waals surface area contributed by atoms with Crippen LogP contribution in [0, 0.1) is 13.8 Å². The van der Waals surface area contributed by atoms with E-state index in [0.717, 1.165) is 48.8 Å². The number of anilines is 3. The number of ether oxygens (including phenoxy) is 1. The van der Waals surface area contributed by atoms with Crippen molar-refractivity contribution in [1.82, 2.24) is 9.97 Å². The van der Waals surface area contributed by atoms with Gasteiger partial charge in [-0.2, -0.15) is 4.98 Å². The lowest BCUT2D eigenvalue weighted by atomic mass is 10.2. The molecular weight excluding hydrogens is 312 g/mol. The number of hydrogen-bond donors (Lipinski definition) is 2. The van der Waals surface area contributed by atoms with E-state index in [4.69, 9.17) is 16.3 Å². The molecule has 2 N–H and O–H groups in total. The molecule has 122 valence electrons. The minimum Gasteiger partial charge on any atom is -0.376 e. The summed E-state index contributed by atoms with van der Waals surface area (Å²) in [6.45, 7) is 5.60. The van der Waals surface area contributed by atoms with E-state index >= 15 is 0 Å². The fourth-order valence-electron chi connectivity index (χ4n) is 2.59. The fourth-order valence-corrected chi connectivity index (χ4v) is 2.76. The molecule has 0 spiro atoms. The molecule has 3 rings (SSSR count). The summed E-state index contributed by atoms with van der Waals surface area (Å²) < 4.78 is 5.62. The molecule has 2 heterocycles. The Morgan fingerprint density at radius 2 is 2.13 bits per heavy atom. The lowest BCUT2D eigenvalue weighted by Crippen LogP contribution is -2.19. The molecular formula is C17H21ClN4O. The average molecular weight is 333 g/mol. The lowest BCUT2D eigenvalue weighted by Gasteiger charge is -2.14. The number of hydrogen-bond acceptors (Lipinski definition) is 5. The summed E-state index contributed by atoms with van der Waals surface area (Å²) in [6, 6.07) is 7.65. The Balaban J connectivity index is 1.72. The van der Waals surface area contributed by atoms with Gasteiger partial charge in [0.05, 0.1) is 6.10 Å². The molecule has 0 bridgehead atoms. The van der Waals surface area contributed by atoms with E-state index in [0.29, 0.717) is 11.0 Å². The first kappa shape index (κ1) is 16.0. The molecule has 1 unspecified atom stereocenters. The summed E-state index contributed by atoms with van der Waals surface area (Å²) in [4.78, 5) is 8.97. The van der Waals surface area contributed by atoms with E-state index in [9.17, 15) is 0 Å². The van der Waals surface area contributed by atoms with Gasteiger partial charge in [-0.05, 0) is 44.4 Å². The third kappa shape index (κ3) is 4.33.